The van der Waals surface area contributed by atoms with Gasteiger partial charge in [-0.1, -0.05) is 54.6 Å². The predicted octanol–water partition coefficient (Wildman–Crippen LogP) is 5.12. The van der Waals surface area contributed by atoms with Crippen molar-refractivity contribution >= 4 is 16.8 Å². The summed E-state index contributed by atoms with van der Waals surface area (Å²) >= 11 is 0. The summed E-state index contributed by atoms with van der Waals surface area (Å²) in [6.45, 7) is 1.22. The monoisotopic (exact) mass is 424 g/mol. The standard InChI is InChI=1S/C27H24N2O3/c1-31-24-12-6-10-22(26(24)32-2)21-9-5-8-19-17-29(27(30)25(19)21)16-15-20-14-13-18-7-3-4-11-23(18)28-20/h3-14H,15-17H2,1-2H3. The Bertz CT molecular complexity index is 1320. The molecular weight excluding hydrogens is 400 g/mol. The van der Waals surface area contributed by atoms with Crippen LogP contribution in [0.2, 0.25) is 0 Å². The molecule has 2 heterocycles. The second-order valence-corrected chi connectivity index (χ2v) is 7.85. The highest BCUT2D eigenvalue weighted by atomic mass is 16.5. The molecule has 32 heavy (non-hydrogen) atoms. The van der Waals surface area contributed by atoms with Crippen molar-refractivity contribution in [1.82, 2.24) is 9.88 Å². The maximum Gasteiger partial charge on any atom is 0.255 e. The number of carbonyl (C=O) groups excluding carboxylic acids is 1. The predicted molar refractivity (Wildman–Crippen MR) is 125 cm³/mol. The van der Waals surface area contributed by atoms with Crippen molar-refractivity contribution in [2.45, 2.75) is 13.0 Å². The molecule has 0 aliphatic carbocycles. The molecule has 5 heteroatoms. The van der Waals surface area contributed by atoms with Crippen molar-refractivity contribution in [2.75, 3.05) is 20.8 Å². The van der Waals surface area contributed by atoms with Gasteiger partial charge < -0.3 is 14.4 Å². The van der Waals surface area contributed by atoms with Gasteiger partial charge in [0.15, 0.2) is 11.5 Å². The first-order chi connectivity index (χ1) is 15.7. The molecule has 1 aliphatic rings. The number of benzene rings is 3. The maximum absolute atomic E-state index is 13.4. The molecule has 0 bridgehead atoms. The number of nitrogens with zero attached hydrogens (tertiary/aromatic N) is 2. The lowest BCUT2D eigenvalue weighted by Gasteiger charge is -2.16. The van der Waals surface area contributed by atoms with Gasteiger partial charge in [0.1, 0.15) is 0 Å². The van der Waals surface area contributed by atoms with Crippen LogP contribution in [0.4, 0.5) is 0 Å². The van der Waals surface area contributed by atoms with Gasteiger partial charge in [0, 0.05) is 36.2 Å². The van der Waals surface area contributed by atoms with Gasteiger partial charge in [0.25, 0.3) is 5.91 Å². The van der Waals surface area contributed by atoms with E-state index in [2.05, 4.69) is 12.1 Å². The number of fused-ring (bicyclic) bond motifs is 2. The van der Waals surface area contributed by atoms with E-state index < -0.39 is 0 Å². The van der Waals surface area contributed by atoms with Gasteiger partial charge in [-0.05, 0) is 29.3 Å². The lowest BCUT2D eigenvalue weighted by molar-refractivity contribution is 0.0780. The Labute approximate surface area is 187 Å². The molecular formula is C27H24N2O3. The zero-order valence-electron chi connectivity index (χ0n) is 18.2. The van der Waals surface area contributed by atoms with Crippen LogP contribution in [0.5, 0.6) is 11.5 Å². The number of pyridine rings is 1. The molecule has 4 aromatic rings. The lowest BCUT2D eigenvalue weighted by atomic mass is 9.96. The van der Waals surface area contributed by atoms with E-state index in [0.717, 1.165) is 38.9 Å². The molecule has 0 radical (unpaired) electrons. The zero-order chi connectivity index (χ0) is 22.1. The number of ether oxygens (including phenoxy) is 2. The Morgan fingerprint density at radius 1 is 0.875 bits per heavy atom. The summed E-state index contributed by atoms with van der Waals surface area (Å²) in [5.74, 6) is 1.32. The number of rotatable bonds is 6. The van der Waals surface area contributed by atoms with Gasteiger partial charge in [0.2, 0.25) is 0 Å². The summed E-state index contributed by atoms with van der Waals surface area (Å²) in [6, 6.07) is 23.9. The van der Waals surface area contributed by atoms with Gasteiger partial charge >= 0.3 is 0 Å². The minimum absolute atomic E-state index is 0.0428. The quantitative estimate of drug-likeness (QED) is 0.431. The third kappa shape index (κ3) is 3.46. The van der Waals surface area contributed by atoms with E-state index in [-0.39, 0.29) is 5.91 Å². The normalized spacial score (nSPS) is 12.8. The van der Waals surface area contributed by atoms with Crippen LogP contribution < -0.4 is 9.47 Å². The maximum atomic E-state index is 13.4. The number of hydrogen-bond acceptors (Lipinski definition) is 4. The molecule has 0 fully saturated rings. The van der Waals surface area contributed by atoms with Crippen molar-refractivity contribution in [1.29, 1.82) is 0 Å². The molecule has 0 atom stereocenters. The summed E-state index contributed by atoms with van der Waals surface area (Å²) in [7, 11) is 3.24. The van der Waals surface area contributed by atoms with Crippen LogP contribution in [0.15, 0.2) is 72.8 Å². The third-order valence-electron chi connectivity index (χ3n) is 6.00. The Morgan fingerprint density at radius 2 is 1.69 bits per heavy atom. The number of carbonyl (C=O) groups is 1. The smallest absolute Gasteiger partial charge is 0.255 e. The highest BCUT2D eigenvalue weighted by Gasteiger charge is 2.31. The fourth-order valence-electron chi connectivity index (χ4n) is 4.42. The minimum Gasteiger partial charge on any atom is -0.493 e. The second kappa shape index (κ2) is 8.35. The van der Waals surface area contributed by atoms with Gasteiger partial charge in [-0.2, -0.15) is 0 Å². The molecule has 5 rings (SSSR count). The summed E-state index contributed by atoms with van der Waals surface area (Å²) in [5.41, 5.74) is 5.47. The highest BCUT2D eigenvalue weighted by Crippen LogP contribution is 2.41. The summed E-state index contributed by atoms with van der Waals surface area (Å²) in [4.78, 5) is 20.1. The van der Waals surface area contributed by atoms with E-state index in [0.29, 0.717) is 31.0 Å². The fraction of sp³-hybridized carbons (Fsp3) is 0.185. The Balaban J connectivity index is 1.42. The zero-order valence-corrected chi connectivity index (χ0v) is 18.2. The number of para-hydroxylation sites is 2. The number of hydrogen-bond donors (Lipinski definition) is 0. The Hall–Kier alpha value is -3.86. The fourth-order valence-corrected chi connectivity index (χ4v) is 4.42. The van der Waals surface area contributed by atoms with Gasteiger partial charge in [0.05, 0.1) is 25.3 Å². The first-order valence-electron chi connectivity index (χ1n) is 10.7. The van der Waals surface area contributed by atoms with E-state index in [1.54, 1.807) is 14.2 Å². The molecule has 0 unspecified atom stereocenters. The molecule has 3 aromatic carbocycles. The molecule has 1 aliphatic heterocycles. The highest BCUT2D eigenvalue weighted by molar-refractivity contribution is 6.05. The van der Waals surface area contributed by atoms with Crippen molar-refractivity contribution < 1.29 is 14.3 Å². The van der Waals surface area contributed by atoms with Crippen molar-refractivity contribution in [3.05, 3.63) is 89.6 Å². The topological polar surface area (TPSA) is 51.7 Å². The number of aromatic nitrogens is 1. The first-order valence-corrected chi connectivity index (χ1v) is 10.7. The van der Waals surface area contributed by atoms with Crippen molar-refractivity contribution in [3.63, 3.8) is 0 Å². The van der Waals surface area contributed by atoms with Gasteiger partial charge in [-0.3, -0.25) is 9.78 Å². The minimum atomic E-state index is 0.0428. The third-order valence-corrected chi connectivity index (χ3v) is 6.00. The van der Waals surface area contributed by atoms with E-state index in [4.69, 9.17) is 14.5 Å². The Morgan fingerprint density at radius 3 is 2.53 bits per heavy atom. The first kappa shape index (κ1) is 20.1. The van der Waals surface area contributed by atoms with E-state index >= 15 is 0 Å². The average molecular weight is 425 g/mol. The van der Waals surface area contributed by atoms with Crippen molar-refractivity contribution in [3.8, 4) is 22.6 Å². The van der Waals surface area contributed by atoms with Crippen LogP contribution in [-0.2, 0) is 13.0 Å². The van der Waals surface area contributed by atoms with E-state index in [1.165, 1.54) is 0 Å². The summed E-state index contributed by atoms with van der Waals surface area (Å²) < 4.78 is 11.1. The molecule has 1 amide bonds. The van der Waals surface area contributed by atoms with E-state index in [1.807, 2.05) is 65.6 Å². The molecule has 0 saturated carbocycles. The molecule has 0 spiro atoms. The lowest BCUT2D eigenvalue weighted by Crippen LogP contribution is -2.26. The van der Waals surface area contributed by atoms with E-state index in [9.17, 15) is 4.79 Å². The summed E-state index contributed by atoms with van der Waals surface area (Å²) in [5, 5.41) is 1.12. The average Bonchev–Trinajstić information content (AvgIpc) is 3.17. The molecule has 0 N–H and O–H groups in total. The molecule has 0 saturated heterocycles. The van der Waals surface area contributed by atoms with Crippen LogP contribution in [0, 0.1) is 0 Å². The number of methoxy groups -OCH3 is 2. The van der Waals surface area contributed by atoms with Crippen LogP contribution in [-0.4, -0.2) is 36.6 Å². The molecule has 160 valence electrons. The Kier molecular flexibility index (Phi) is 5.23. The van der Waals surface area contributed by atoms with Crippen LogP contribution in [0.3, 0.4) is 0 Å². The van der Waals surface area contributed by atoms with Crippen LogP contribution in [0.1, 0.15) is 21.6 Å². The molecule has 5 nitrogen and oxygen atoms in total. The molecule has 1 aromatic heterocycles. The number of amides is 1. The van der Waals surface area contributed by atoms with Gasteiger partial charge in [-0.25, -0.2) is 0 Å². The second-order valence-electron chi connectivity index (χ2n) is 7.85. The summed E-state index contributed by atoms with van der Waals surface area (Å²) in [6.07, 6.45) is 0.711. The van der Waals surface area contributed by atoms with Crippen LogP contribution in [0.25, 0.3) is 22.0 Å². The van der Waals surface area contributed by atoms with Crippen LogP contribution >= 0.6 is 0 Å². The van der Waals surface area contributed by atoms with Gasteiger partial charge in [-0.15, -0.1) is 0 Å². The SMILES string of the molecule is COc1cccc(-c2cccc3c2C(=O)N(CCc2ccc4ccccc4n2)C3)c1OC. The largest absolute Gasteiger partial charge is 0.493 e. The van der Waals surface area contributed by atoms with Crippen molar-refractivity contribution in [2.24, 2.45) is 0 Å².